The van der Waals surface area contributed by atoms with Crippen LogP contribution in [0.1, 0.15) is 16.1 Å². The molecule has 0 aliphatic heterocycles. The second-order valence-corrected chi connectivity index (χ2v) is 6.62. The maximum Gasteiger partial charge on any atom is 0.311 e. The zero-order valence-corrected chi connectivity index (χ0v) is 13.5. The minimum Gasteiger partial charge on any atom is -0.460 e. The van der Waals surface area contributed by atoms with Crippen LogP contribution >= 0.6 is 39.5 Å². The number of hydrogen-bond donors (Lipinski definition) is 1. The fraction of sp³-hybridized carbons (Fsp3) is 0.231. The van der Waals surface area contributed by atoms with E-state index in [1.807, 2.05) is 31.2 Å². The largest absolute Gasteiger partial charge is 0.460 e. The van der Waals surface area contributed by atoms with Gasteiger partial charge in [-0.05, 0) is 25.2 Å². The summed E-state index contributed by atoms with van der Waals surface area (Å²) >= 11 is 9.87. The van der Waals surface area contributed by atoms with E-state index in [0.29, 0.717) is 3.95 Å². The molecule has 1 N–H and O–H groups in total. The quantitative estimate of drug-likeness (QED) is 0.659. The fourth-order valence-corrected chi connectivity index (χ4v) is 3.24. The molecule has 100 valence electrons. The number of thiazole rings is 1. The number of esters is 1. The van der Waals surface area contributed by atoms with Gasteiger partial charge in [-0.1, -0.05) is 34.1 Å². The van der Waals surface area contributed by atoms with Crippen LogP contribution in [-0.2, 0) is 22.6 Å². The number of nitrogens with one attached hydrogen (secondary N) is 1. The van der Waals surface area contributed by atoms with Gasteiger partial charge >= 0.3 is 5.97 Å². The third-order valence-corrected chi connectivity index (χ3v) is 4.69. The smallest absolute Gasteiger partial charge is 0.311 e. The van der Waals surface area contributed by atoms with Crippen molar-refractivity contribution in [3.63, 3.8) is 0 Å². The maximum atomic E-state index is 11.8. The monoisotopic (exact) mass is 357 g/mol. The lowest BCUT2D eigenvalue weighted by Gasteiger charge is -2.06. The van der Waals surface area contributed by atoms with E-state index in [9.17, 15) is 4.79 Å². The average molecular weight is 358 g/mol. The number of aryl methyl sites for hydroxylation is 1. The van der Waals surface area contributed by atoms with Crippen molar-refractivity contribution < 1.29 is 9.53 Å². The number of hydrogen-bond acceptors (Lipinski definition) is 4. The van der Waals surface area contributed by atoms with Gasteiger partial charge < -0.3 is 9.72 Å². The van der Waals surface area contributed by atoms with Crippen molar-refractivity contribution in [1.29, 1.82) is 0 Å². The number of carbonyl (C=O) groups excluding carboxylic acids is 1. The Hall–Kier alpha value is -0.980. The third kappa shape index (κ3) is 3.99. The topological polar surface area (TPSA) is 42.1 Å². The van der Waals surface area contributed by atoms with E-state index < -0.39 is 0 Å². The van der Waals surface area contributed by atoms with Gasteiger partial charge in [0.1, 0.15) is 6.61 Å². The molecule has 2 aromatic rings. The molecule has 0 unspecified atom stereocenters. The van der Waals surface area contributed by atoms with Gasteiger partial charge in [0.15, 0.2) is 3.95 Å². The third-order valence-electron chi connectivity index (χ3n) is 2.58. The van der Waals surface area contributed by atoms with Crippen LogP contribution in [0.15, 0.2) is 28.7 Å². The summed E-state index contributed by atoms with van der Waals surface area (Å²) in [5.41, 5.74) is 1.89. The average Bonchev–Trinajstić information content (AvgIpc) is 2.67. The van der Waals surface area contributed by atoms with Crippen LogP contribution in [0.25, 0.3) is 0 Å². The summed E-state index contributed by atoms with van der Waals surface area (Å²) in [4.78, 5) is 15.7. The number of aromatic nitrogens is 1. The van der Waals surface area contributed by atoms with Gasteiger partial charge in [0.25, 0.3) is 0 Å². The molecule has 0 aliphatic carbocycles. The highest BCUT2D eigenvalue weighted by Gasteiger charge is 2.10. The van der Waals surface area contributed by atoms with Crippen molar-refractivity contribution in [2.45, 2.75) is 20.0 Å². The summed E-state index contributed by atoms with van der Waals surface area (Å²) in [7, 11) is 0. The van der Waals surface area contributed by atoms with E-state index in [2.05, 4.69) is 20.9 Å². The first-order chi connectivity index (χ1) is 9.06. The molecule has 19 heavy (non-hydrogen) atoms. The molecule has 2 rings (SSSR count). The maximum absolute atomic E-state index is 11.8. The second-order valence-electron chi connectivity index (χ2n) is 3.99. The molecule has 1 aromatic heterocycles. The van der Waals surface area contributed by atoms with Gasteiger partial charge in [-0.15, -0.1) is 11.3 Å². The fourth-order valence-electron chi connectivity index (χ4n) is 1.56. The molecule has 0 atom stereocenters. The van der Waals surface area contributed by atoms with Gasteiger partial charge in [0, 0.05) is 20.6 Å². The van der Waals surface area contributed by atoms with Crippen molar-refractivity contribution in [3.05, 3.63) is 48.8 Å². The molecule has 3 nitrogen and oxygen atoms in total. The first-order valence-electron chi connectivity index (χ1n) is 5.64. The van der Waals surface area contributed by atoms with Crippen LogP contribution in [0.2, 0.25) is 0 Å². The molecule has 0 spiro atoms. The predicted octanol–water partition coefficient (Wildman–Crippen LogP) is 4.16. The number of halogens is 1. The summed E-state index contributed by atoms with van der Waals surface area (Å²) in [6.45, 7) is 2.18. The van der Waals surface area contributed by atoms with Crippen LogP contribution < -0.4 is 0 Å². The molecular weight excluding hydrogens is 346 g/mol. The summed E-state index contributed by atoms with van der Waals surface area (Å²) in [6.07, 6.45) is 0.258. The van der Waals surface area contributed by atoms with Crippen LogP contribution in [-0.4, -0.2) is 11.0 Å². The van der Waals surface area contributed by atoms with Crippen molar-refractivity contribution in [3.8, 4) is 0 Å². The lowest BCUT2D eigenvalue weighted by atomic mass is 10.2. The number of rotatable bonds is 4. The highest BCUT2D eigenvalue weighted by Crippen LogP contribution is 2.18. The van der Waals surface area contributed by atoms with E-state index in [1.54, 1.807) is 0 Å². The highest BCUT2D eigenvalue weighted by atomic mass is 79.9. The predicted molar refractivity (Wildman–Crippen MR) is 81.9 cm³/mol. The molecule has 6 heteroatoms. The second kappa shape index (κ2) is 6.45. The highest BCUT2D eigenvalue weighted by molar-refractivity contribution is 9.10. The Balaban J connectivity index is 1.94. The first-order valence-corrected chi connectivity index (χ1v) is 7.65. The van der Waals surface area contributed by atoms with E-state index in [0.717, 1.165) is 20.6 Å². The van der Waals surface area contributed by atoms with Gasteiger partial charge in [0.2, 0.25) is 0 Å². The molecule has 0 saturated carbocycles. The molecule has 0 aliphatic rings. The minimum absolute atomic E-state index is 0.246. The summed E-state index contributed by atoms with van der Waals surface area (Å²) in [5, 5.41) is 0. The molecular formula is C13H12BrNO2S2. The summed E-state index contributed by atoms with van der Waals surface area (Å²) in [6, 6.07) is 7.68. The normalized spacial score (nSPS) is 10.4. The Kier molecular flexibility index (Phi) is 4.90. The van der Waals surface area contributed by atoms with Crippen LogP contribution in [0.3, 0.4) is 0 Å². The van der Waals surface area contributed by atoms with Crippen molar-refractivity contribution >= 4 is 45.5 Å². The number of carbonyl (C=O) groups is 1. The van der Waals surface area contributed by atoms with Gasteiger partial charge in [-0.3, -0.25) is 4.79 Å². The molecule has 0 radical (unpaired) electrons. The minimum atomic E-state index is -0.246. The standard InChI is InChI=1S/C13H12BrNO2S2/c1-8-11(19-13(18)15-8)6-12(16)17-7-9-4-2-3-5-10(9)14/h2-5H,6-7H2,1H3,(H,15,18). The van der Waals surface area contributed by atoms with Crippen LogP contribution in [0.4, 0.5) is 0 Å². The number of H-pyrrole nitrogens is 1. The zero-order chi connectivity index (χ0) is 13.8. The molecule has 1 heterocycles. The molecule has 0 bridgehead atoms. The zero-order valence-electron chi connectivity index (χ0n) is 10.2. The van der Waals surface area contributed by atoms with Gasteiger partial charge in [-0.25, -0.2) is 0 Å². The van der Waals surface area contributed by atoms with Crippen LogP contribution in [0, 0.1) is 10.9 Å². The van der Waals surface area contributed by atoms with Crippen molar-refractivity contribution in [2.75, 3.05) is 0 Å². The van der Waals surface area contributed by atoms with E-state index in [-0.39, 0.29) is 19.0 Å². The Morgan fingerprint density at radius 1 is 1.47 bits per heavy atom. The molecule has 0 saturated heterocycles. The number of aromatic amines is 1. The van der Waals surface area contributed by atoms with Crippen molar-refractivity contribution in [1.82, 2.24) is 4.98 Å². The Labute approximate surface area is 128 Å². The van der Waals surface area contributed by atoms with Crippen molar-refractivity contribution in [2.24, 2.45) is 0 Å². The van der Waals surface area contributed by atoms with E-state index in [4.69, 9.17) is 17.0 Å². The number of benzene rings is 1. The lowest BCUT2D eigenvalue weighted by molar-refractivity contribution is -0.144. The van der Waals surface area contributed by atoms with Crippen LogP contribution in [0.5, 0.6) is 0 Å². The Morgan fingerprint density at radius 2 is 2.21 bits per heavy atom. The molecule has 0 amide bonds. The first kappa shape index (κ1) is 14.4. The summed E-state index contributed by atoms with van der Waals surface area (Å²) in [5.74, 6) is -0.246. The Bertz CT molecular complexity index is 648. The molecule has 1 aromatic carbocycles. The van der Waals surface area contributed by atoms with Gasteiger partial charge in [0.05, 0.1) is 6.42 Å². The SMILES string of the molecule is Cc1[nH]c(=S)sc1CC(=O)OCc1ccccc1Br. The number of ether oxygens (including phenoxy) is 1. The van der Waals surface area contributed by atoms with Gasteiger partial charge in [-0.2, -0.15) is 0 Å². The Morgan fingerprint density at radius 3 is 2.84 bits per heavy atom. The lowest BCUT2D eigenvalue weighted by Crippen LogP contribution is -2.08. The molecule has 0 fully saturated rings. The summed E-state index contributed by atoms with van der Waals surface area (Å²) < 4.78 is 6.89. The van der Waals surface area contributed by atoms with E-state index >= 15 is 0 Å². The van der Waals surface area contributed by atoms with E-state index in [1.165, 1.54) is 11.3 Å².